The highest BCUT2D eigenvalue weighted by Crippen LogP contribution is 2.24. The van der Waals surface area contributed by atoms with Gasteiger partial charge in [-0.3, -0.25) is 0 Å². The first-order valence-electron chi connectivity index (χ1n) is 6.34. The van der Waals surface area contributed by atoms with Crippen molar-refractivity contribution in [1.29, 1.82) is 0 Å². The Hall–Kier alpha value is -0.870. The van der Waals surface area contributed by atoms with E-state index in [-0.39, 0.29) is 5.75 Å². The Bertz CT molecular complexity index is 509. The van der Waals surface area contributed by atoms with Gasteiger partial charge in [0.05, 0.1) is 11.0 Å². The second-order valence-corrected chi connectivity index (χ2v) is 7.44. The lowest BCUT2D eigenvalue weighted by Crippen LogP contribution is -2.33. The first-order chi connectivity index (χ1) is 8.29. The highest BCUT2D eigenvalue weighted by atomic mass is 32.2. The summed E-state index contributed by atoms with van der Waals surface area (Å²) < 4.78 is 24.1. The van der Waals surface area contributed by atoms with Crippen LogP contribution in [0.5, 0.6) is 0 Å². The highest BCUT2D eigenvalue weighted by Gasteiger charge is 2.27. The highest BCUT2D eigenvalue weighted by molar-refractivity contribution is 7.92. The van der Waals surface area contributed by atoms with Gasteiger partial charge in [-0.25, -0.2) is 8.42 Å². The summed E-state index contributed by atoms with van der Waals surface area (Å²) >= 11 is 0. The average Bonchev–Trinajstić information content (AvgIpc) is 2.27. The molecule has 2 N–H and O–H groups in total. The molecule has 0 bridgehead atoms. The molecule has 1 rings (SSSR count). The minimum Gasteiger partial charge on any atom is -0.323 e. The van der Waals surface area contributed by atoms with E-state index in [4.69, 9.17) is 5.73 Å². The van der Waals surface area contributed by atoms with Gasteiger partial charge >= 0.3 is 0 Å². The van der Waals surface area contributed by atoms with Crippen molar-refractivity contribution < 1.29 is 8.42 Å². The summed E-state index contributed by atoms with van der Waals surface area (Å²) in [5.74, 6) is 0.201. The van der Waals surface area contributed by atoms with Gasteiger partial charge in [-0.05, 0) is 38.3 Å². The molecule has 18 heavy (non-hydrogen) atoms. The molecule has 1 aromatic rings. The summed E-state index contributed by atoms with van der Waals surface area (Å²) in [5.41, 5.74) is 9.27. The lowest BCUT2D eigenvalue weighted by atomic mass is 9.98. The van der Waals surface area contributed by atoms with Crippen molar-refractivity contribution in [3.05, 3.63) is 34.9 Å². The molecule has 102 valence electrons. The van der Waals surface area contributed by atoms with Gasteiger partial charge in [0.15, 0.2) is 9.84 Å². The molecule has 4 heteroatoms. The van der Waals surface area contributed by atoms with E-state index in [1.165, 1.54) is 0 Å². The summed E-state index contributed by atoms with van der Waals surface area (Å²) in [7, 11) is -3.11. The Balaban J connectivity index is 3.03. The third-order valence-electron chi connectivity index (χ3n) is 3.35. The predicted octanol–water partition coefficient (Wildman–Crippen LogP) is 2.52. The van der Waals surface area contributed by atoms with Crippen molar-refractivity contribution in [3.8, 4) is 0 Å². The molecule has 0 heterocycles. The molecule has 2 atom stereocenters. The van der Waals surface area contributed by atoms with Gasteiger partial charge < -0.3 is 5.73 Å². The third kappa shape index (κ3) is 3.33. The molecule has 0 saturated heterocycles. The Morgan fingerprint density at radius 3 is 2.39 bits per heavy atom. The Morgan fingerprint density at radius 2 is 1.89 bits per heavy atom. The van der Waals surface area contributed by atoms with Gasteiger partial charge in [0.25, 0.3) is 0 Å². The van der Waals surface area contributed by atoms with E-state index in [1.54, 1.807) is 6.92 Å². The zero-order valence-electron chi connectivity index (χ0n) is 11.6. The lowest BCUT2D eigenvalue weighted by molar-refractivity contribution is 0.563. The second kappa shape index (κ2) is 5.85. The molecule has 1 aromatic carbocycles. The molecule has 0 amide bonds. The van der Waals surface area contributed by atoms with E-state index < -0.39 is 21.1 Å². The molecular weight excluding hydrogens is 246 g/mol. The average molecular weight is 269 g/mol. The summed E-state index contributed by atoms with van der Waals surface area (Å²) in [6.07, 6.45) is 0.631. The summed E-state index contributed by atoms with van der Waals surface area (Å²) in [6, 6.07) is 5.49. The third-order valence-corrected chi connectivity index (χ3v) is 5.75. The van der Waals surface area contributed by atoms with Crippen LogP contribution in [0.15, 0.2) is 18.2 Å². The van der Waals surface area contributed by atoms with Crippen LogP contribution in [0.1, 0.15) is 43.0 Å². The van der Waals surface area contributed by atoms with Gasteiger partial charge in [0, 0.05) is 6.04 Å². The van der Waals surface area contributed by atoms with Crippen LogP contribution in [0.2, 0.25) is 0 Å². The van der Waals surface area contributed by atoms with Crippen molar-refractivity contribution in [2.45, 2.75) is 45.4 Å². The number of nitrogens with two attached hydrogens (primary N) is 1. The van der Waals surface area contributed by atoms with Crippen LogP contribution in [-0.4, -0.2) is 19.4 Å². The summed E-state index contributed by atoms with van der Waals surface area (Å²) in [4.78, 5) is 0. The van der Waals surface area contributed by atoms with E-state index in [0.717, 1.165) is 16.7 Å². The SMILES string of the molecule is CCCS(=O)(=O)C(C)C(N)c1ccc(C)cc1C. The van der Waals surface area contributed by atoms with Crippen LogP contribution in [0.3, 0.4) is 0 Å². The van der Waals surface area contributed by atoms with E-state index in [1.807, 2.05) is 39.0 Å². The summed E-state index contributed by atoms with van der Waals surface area (Å²) in [5, 5.41) is -0.543. The molecule has 0 aliphatic carbocycles. The minimum atomic E-state index is -3.11. The molecule has 0 aliphatic heterocycles. The number of aryl methyl sites for hydroxylation is 2. The maximum atomic E-state index is 12.0. The predicted molar refractivity (Wildman–Crippen MR) is 76.4 cm³/mol. The smallest absolute Gasteiger partial charge is 0.154 e. The van der Waals surface area contributed by atoms with Crippen molar-refractivity contribution in [2.75, 3.05) is 5.75 Å². The van der Waals surface area contributed by atoms with Crippen LogP contribution in [-0.2, 0) is 9.84 Å². The maximum absolute atomic E-state index is 12.0. The van der Waals surface area contributed by atoms with Crippen molar-refractivity contribution in [1.82, 2.24) is 0 Å². The van der Waals surface area contributed by atoms with Crippen molar-refractivity contribution in [3.63, 3.8) is 0 Å². The Labute approximate surface area is 110 Å². The first-order valence-corrected chi connectivity index (χ1v) is 8.05. The number of rotatable bonds is 5. The minimum absolute atomic E-state index is 0.201. The molecule has 0 aromatic heterocycles. The standard InChI is InChI=1S/C14H23NO2S/c1-5-8-18(16,17)12(4)14(15)13-7-6-10(2)9-11(13)3/h6-7,9,12,14H,5,8,15H2,1-4H3. The van der Waals surface area contributed by atoms with E-state index in [2.05, 4.69) is 0 Å². The van der Waals surface area contributed by atoms with E-state index in [9.17, 15) is 8.42 Å². The number of hydrogen-bond donors (Lipinski definition) is 1. The van der Waals surface area contributed by atoms with Crippen molar-refractivity contribution >= 4 is 9.84 Å². The van der Waals surface area contributed by atoms with Crippen LogP contribution < -0.4 is 5.73 Å². The topological polar surface area (TPSA) is 60.2 Å². The first kappa shape index (κ1) is 15.2. The largest absolute Gasteiger partial charge is 0.323 e. The Kier molecular flexibility index (Phi) is 4.93. The van der Waals surface area contributed by atoms with Gasteiger partial charge in [0.2, 0.25) is 0 Å². The fourth-order valence-electron chi connectivity index (χ4n) is 2.15. The fourth-order valence-corrected chi connectivity index (χ4v) is 3.68. The fraction of sp³-hybridized carbons (Fsp3) is 0.571. The molecule has 3 nitrogen and oxygen atoms in total. The van der Waals surface area contributed by atoms with E-state index >= 15 is 0 Å². The zero-order valence-corrected chi connectivity index (χ0v) is 12.4. The van der Waals surface area contributed by atoms with Crippen LogP contribution >= 0.6 is 0 Å². The lowest BCUT2D eigenvalue weighted by Gasteiger charge is -2.22. The Morgan fingerprint density at radius 1 is 1.28 bits per heavy atom. The quantitative estimate of drug-likeness (QED) is 0.893. The van der Waals surface area contributed by atoms with Crippen LogP contribution in [0.4, 0.5) is 0 Å². The zero-order chi connectivity index (χ0) is 13.9. The molecule has 2 unspecified atom stereocenters. The van der Waals surface area contributed by atoms with Gasteiger partial charge in [-0.15, -0.1) is 0 Å². The van der Waals surface area contributed by atoms with Crippen LogP contribution in [0.25, 0.3) is 0 Å². The van der Waals surface area contributed by atoms with Crippen molar-refractivity contribution in [2.24, 2.45) is 5.73 Å². The molecule has 0 saturated carbocycles. The van der Waals surface area contributed by atoms with Gasteiger partial charge in [0.1, 0.15) is 0 Å². The van der Waals surface area contributed by atoms with Crippen LogP contribution in [0, 0.1) is 13.8 Å². The number of benzene rings is 1. The molecule has 0 aliphatic rings. The second-order valence-electron chi connectivity index (χ2n) is 4.96. The van der Waals surface area contributed by atoms with Gasteiger partial charge in [-0.1, -0.05) is 30.7 Å². The molecule has 0 radical (unpaired) electrons. The normalized spacial score (nSPS) is 15.4. The van der Waals surface area contributed by atoms with Gasteiger partial charge in [-0.2, -0.15) is 0 Å². The molecule has 0 spiro atoms. The summed E-state index contributed by atoms with van der Waals surface area (Å²) in [6.45, 7) is 7.56. The maximum Gasteiger partial charge on any atom is 0.154 e. The van der Waals surface area contributed by atoms with E-state index in [0.29, 0.717) is 6.42 Å². The number of sulfone groups is 1. The monoisotopic (exact) mass is 269 g/mol. The number of hydrogen-bond acceptors (Lipinski definition) is 3. The molecular formula is C14H23NO2S. The molecule has 0 fully saturated rings.